The minimum Gasteiger partial charge on any atom is -0.277 e. The summed E-state index contributed by atoms with van der Waals surface area (Å²) < 4.78 is 4.88. The van der Waals surface area contributed by atoms with Crippen LogP contribution in [-0.2, 0) is 0 Å². The lowest BCUT2D eigenvalue weighted by Crippen LogP contribution is -2.04. The van der Waals surface area contributed by atoms with E-state index in [-0.39, 0.29) is 0 Å². The first kappa shape index (κ1) is 25.5. The third-order valence-electron chi connectivity index (χ3n) is 9.21. The topological polar surface area (TPSA) is 30.7 Å². The molecular formula is C42H25N3S. The van der Waals surface area contributed by atoms with Crippen molar-refractivity contribution in [1.82, 2.24) is 14.5 Å². The van der Waals surface area contributed by atoms with Gasteiger partial charge in [0.25, 0.3) is 0 Å². The van der Waals surface area contributed by atoms with Gasteiger partial charge >= 0.3 is 0 Å². The molecule has 0 spiro atoms. The van der Waals surface area contributed by atoms with Crippen LogP contribution in [0.4, 0.5) is 0 Å². The molecule has 46 heavy (non-hydrogen) atoms. The molecule has 3 aromatic heterocycles. The number of fused-ring (bicyclic) bond motifs is 9. The van der Waals surface area contributed by atoms with Gasteiger partial charge in [-0.2, -0.15) is 0 Å². The highest BCUT2D eigenvalue weighted by Gasteiger charge is 2.21. The molecule has 214 valence electrons. The van der Waals surface area contributed by atoms with E-state index in [1.165, 1.54) is 52.8 Å². The van der Waals surface area contributed by atoms with Crippen LogP contribution in [0.5, 0.6) is 0 Å². The molecule has 0 aliphatic rings. The minimum atomic E-state index is 0.672. The Morgan fingerprint density at radius 2 is 1.17 bits per heavy atom. The van der Waals surface area contributed by atoms with Crippen LogP contribution in [0, 0.1) is 0 Å². The fourth-order valence-electron chi connectivity index (χ4n) is 7.20. The predicted molar refractivity (Wildman–Crippen MR) is 195 cm³/mol. The van der Waals surface area contributed by atoms with Crippen molar-refractivity contribution >= 4 is 75.0 Å². The van der Waals surface area contributed by atoms with Crippen LogP contribution in [0.2, 0.25) is 0 Å². The molecule has 0 saturated heterocycles. The van der Waals surface area contributed by atoms with Gasteiger partial charge in [0.2, 0.25) is 5.95 Å². The highest BCUT2D eigenvalue weighted by atomic mass is 32.1. The number of aromatic nitrogens is 3. The molecule has 0 aliphatic heterocycles. The Morgan fingerprint density at radius 3 is 2.07 bits per heavy atom. The molecule has 7 aromatic carbocycles. The van der Waals surface area contributed by atoms with Crippen molar-refractivity contribution < 1.29 is 0 Å². The van der Waals surface area contributed by atoms with Crippen molar-refractivity contribution in [3.63, 3.8) is 0 Å². The molecule has 4 heteroatoms. The van der Waals surface area contributed by atoms with Crippen LogP contribution >= 0.6 is 11.3 Å². The number of benzene rings is 7. The summed E-state index contributed by atoms with van der Waals surface area (Å²) in [6.45, 7) is 0. The van der Waals surface area contributed by atoms with E-state index in [2.05, 4.69) is 150 Å². The molecule has 0 radical (unpaired) electrons. The average molecular weight is 604 g/mol. The van der Waals surface area contributed by atoms with Crippen LogP contribution in [0.1, 0.15) is 0 Å². The third-order valence-corrected chi connectivity index (χ3v) is 10.4. The average Bonchev–Trinajstić information content (AvgIpc) is 3.68. The molecule has 3 heterocycles. The van der Waals surface area contributed by atoms with Crippen LogP contribution in [-0.4, -0.2) is 14.5 Å². The summed E-state index contributed by atoms with van der Waals surface area (Å²) in [5, 5.41) is 8.61. The monoisotopic (exact) mass is 603 g/mol. The quantitative estimate of drug-likeness (QED) is 0.201. The van der Waals surface area contributed by atoms with Crippen molar-refractivity contribution in [2.24, 2.45) is 0 Å². The maximum Gasteiger partial charge on any atom is 0.235 e. The molecule has 3 nitrogen and oxygen atoms in total. The van der Waals surface area contributed by atoms with E-state index in [0.29, 0.717) is 5.95 Å². The summed E-state index contributed by atoms with van der Waals surface area (Å²) in [5.41, 5.74) is 7.54. The number of thiophene rings is 1. The summed E-state index contributed by atoms with van der Waals surface area (Å²) in [5.74, 6) is 0.672. The van der Waals surface area contributed by atoms with Gasteiger partial charge in [-0.15, -0.1) is 11.3 Å². The summed E-state index contributed by atoms with van der Waals surface area (Å²) in [6.07, 6.45) is 0. The zero-order valence-corrected chi connectivity index (χ0v) is 25.5. The van der Waals surface area contributed by atoms with E-state index in [1.54, 1.807) is 0 Å². The Bertz CT molecular complexity index is 2810. The fraction of sp³-hybridized carbons (Fsp3) is 0. The highest BCUT2D eigenvalue weighted by Crippen LogP contribution is 2.45. The van der Waals surface area contributed by atoms with Gasteiger partial charge in [0.05, 0.1) is 22.2 Å². The van der Waals surface area contributed by atoms with E-state index < -0.39 is 0 Å². The summed E-state index contributed by atoms with van der Waals surface area (Å²) in [6, 6.07) is 54.0. The number of para-hydroxylation sites is 3. The molecule has 0 unspecified atom stereocenters. The largest absolute Gasteiger partial charge is 0.277 e. The van der Waals surface area contributed by atoms with Crippen molar-refractivity contribution in [1.29, 1.82) is 0 Å². The zero-order chi connectivity index (χ0) is 30.2. The molecule has 0 N–H and O–H groups in total. The second-order valence-corrected chi connectivity index (χ2v) is 12.8. The summed E-state index contributed by atoms with van der Waals surface area (Å²) in [7, 11) is 0. The number of rotatable bonds is 3. The van der Waals surface area contributed by atoms with Crippen LogP contribution < -0.4 is 0 Å². The minimum absolute atomic E-state index is 0.672. The lowest BCUT2D eigenvalue weighted by molar-refractivity contribution is 1.01. The molecule has 0 bridgehead atoms. The summed E-state index contributed by atoms with van der Waals surface area (Å²) in [4.78, 5) is 10.6. The lowest BCUT2D eigenvalue weighted by Gasteiger charge is -2.14. The number of hydrogen-bond acceptors (Lipinski definition) is 3. The first-order chi connectivity index (χ1) is 22.8. The van der Waals surface area contributed by atoms with Gasteiger partial charge in [-0.1, -0.05) is 133 Å². The predicted octanol–water partition coefficient (Wildman–Crippen LogP) is 11.6. The second-order valence-electron chi connectivity index (χ2n) is 11.8. The molecule has 0 aliphatic carbocycles. The third kappa shape index (κ3) is 3.65. The SMILES string of the molecule is c1ccc(-c2nc(-n3c4ccccc4c4cccc(-c5cccc6c5sc5ccc7ccccc7c56)c43)nc3ccccc23)cc1. The second kappa shape index (κ2) is 9.83. The molecule has 10 aromatic rings. The van der Waals surface area contributed by atoms with Gasteiger partial charge in [0.15, 0.2) is 0 Å². The summed E-state index contributed by atoms with van der Waals surface area (Å²) >= 11 is 1.88. The van der Waals surface area contributed by atoms with Gasteiger partial charge in [-0.25, -0.2) is 9.97 Å². The highest BCUT2D eigenvalue weighted by molar-refractivity contribution is 7.26. The van der Waals surface area contributed by atoms with Crippen LogP contribution in [0.25, 0.3) is 92.0 Å². The number of nitrogens with zero attached hydrogens (tertiary/aromatic N) is 3. The van der Waals surface area contributed by atoms with Gasteiger partial charge < -0.3 is 0 Å². The van der Waals surface area contributed by atoms with Crippen molar-refractivity contribution in [3.05, 3.63) is 152 Å². The molecule has 0 fully saturated rings. The van der Waals surface area contributed by atoms with E-state index >= 15 is 0 Å². The van der Waals surface area contributed by atoms with E-state index in [4.69, 9.17) is 9.97 Å². The fourth-order valence-corrected chi connectivity index (χ4v) is 8.45. The Morgan fingerprint density at radius 1 is 0.478 bits per heavy atom. The van der Waals surface area contributed by atoms with E-state index in [9.17, 15) is 0 Å². The Labute approximate surface area is 268 Å². The van der Waals surface area contributed by atoms with Crippen LogP contribution in [0.3, 0.4) is 0 Å². The van der Waals surface area contributed by atoms with Crippen molar-refractivity contribution in [3.8, 4) is 28.3 Å². The van der Waals surface area contributed by atoms with Crippen molar-refractivity contribution in [2.45, 2.75) is 0 Å². The molecule has 0 saturated carbocycles. The smallest absolute Gasteiger partial charge is 0.235 e. The molecule has 0 amide bonds. The normalized spacial score (nSPS) is 11.9. The Hall–Kier alpha value is -5.84. The first-order valence-corrected chi connectivity index (χ1v) is 16.3. The Kier molecular flexibility index (Phi) is 5.45. The molecule has 10 rings (SSSR count). The van der Waals surface area contributed by atoms with E-state index in [1.807, 2.05) is 17.4 Å². The van der Waals surface area contributed by atoms with E-state index in [0.717, 1.165) is 33.2 Å². The maximum atomic E-state index is 5.33. The van der Waals surface area contributed by atoms with Gasteiger partial charge in [-0.3, -0.25) is 4.57 Å². The molecular weight excluding hydrogens is 579 g/mol. The van der Waals surface area contributed by atoms with Gasteiger partial charge in [-0.05, 0) is 29.0 Å². The maximum absolute atomic E-state index is 5.33. The number of hydrogen-bond donors (Lipinski definition) is 0. The Balaban J connectivity index is 1.33. The van der Waals surface area contributed by atoms with Crippen molar-refractivity contribution in [2.75, 3.05) is 0 Å². The van der Waals surface area contributed by atoms with Gasteiger partial charge in [0.1, 0.15) is 0 Å². The lowest BCUT2D eigenvalue weighted by atomic mass is 9.98. The van der Waals surface area contributed by atoms with Gasteiger partial charge in [0, 0.05) is 53.0 Å². The standard InChI is InChI=1S/C42H25N3S/c1-2-13-27(14-3-1)39-33-17-6-8-22-35(33)43-42(44-39)45-36-23-9-7-16-29(36)30-18-10-19-31(40(30)45)32-20-11-21-34-38-28-15-5-4-12-26(28)24-25-37(38)46-41(32)34/h1-25H. The first-order valence-electron chi connectivity index (χ1n) is 15.5. The zero-order valence-electron chi connectivity index (χ0n) is 24.7. The molecule has 0 atom stereocenters. The van der Waals surface area contributed by atoms with Crippen LogP contribution in [0.15, 0.2) is 152 Å².